The van der Waals surface area contributed by atoms with Crippen LogP contribution in [0, 0.1) is 5.92 Å². The third kappa shape index (κ3) is 5.37. The monoisotopic (exact) mass is 488 g/mol. The minimum Gasteiger partial charge on any atom is -0.385 e. The lowest BCUT2D eigenvalue weighted by atomic mass is 9.80. The topological polar surface area (TPSA) is 76.5 Å². The number of fused-ring (bicyclic) bond motifs is 1. The maximum absolute atomic E-state index is 14.1. The summed E-state index contributed by atoms with van der Waals surface area (Å²) in [5.41, 5.74) is 4.12. The van der Waals surface area contributed by atoms with Gasteiger partial charge in [-0.2, -0.15) is 0 Å². The van der Waals surface area contributed by atoms with Crippen molar-refractivity contribution in [2.24, 2.45) is 13.0 Å². The number of amides is 1. The molecule has 1 saturated heterocycles. The van der Waals surface area contributed by atoms with E-state index in [9.17, 15) is 9.59 Å². The van der Waals surface area contributed by atoms with Crippen LogP contribution in [-0.4, -0.2) is 53.2 Å². The summed E-state index contributed by atoms with van der Waals surface area (Å²) >= 11 is 0. The highest BCUT2D eigenvalue weighted by Gasteiger charge is 2.40. The Hall–Kier alpha value is -3.03. The van der Waals surface area contributed by atoms with Crippen LogP contribution in [0.3, 0.4) is 0 Å². The third-order valence-corrected chi connectivity index (χ3v) is 7.60. The SMILES string of the molecule is COCCCc1cc(CN(C(=O)[C@@H]2CNCC[C@H]2c2ccn(C)c(=O)c2)C2CC2)c2ccccc2n1. The number of hydrogen-bond donors (Lipinski definition) is 1. The second-order valence-electron chi connectivity index (χ2n) is 10.2. The van der Waals surface area contributed by atoms with Crippen LogP contribution < -0.4 is 10.9 Å². The van der Waals surface area contributed by atoms with Gasteiger partial charge in [0.2, 0.25) is 5.91 Å². The summed E-state index contributed by atoms with van der Waals surface area (Å²) in [4.78, 5) is 33.4. The van der Waals surface area contributed by atoms with Gasteiger partial charge in [0.05, 0.1) is 11.4 Å². The van der Waals surface area contributed by atoms with Crippen molar-refractivity contribution in [2.75, 3.05) is 26.8 Å². The number of para-hydroxylation sites is 1. The van der Waals surface area contributed by atoms with E-state index in [4.69, 9.17) is 9.72 Å². The molecule has 1 aliphatic carbocycles. The number of aryl methyl sites for hydroxylation is 2. The molecule has 2 atom stereocenters. The van der Waals surface area contributed by atoms with Crippen LogP contribution >= 0.6 is 0 Å². The minimum absolute atomic E-state index is 0.0273. The molecule has 0 spiro atoms. The molecule has 1 aromatic carbocycles. The van der Waals surface area contributed by atoms with Crippen LogP contribution in [0.5, 0.6) is 0 Å². The number of benzene rings is 1. The van der Waals surface area contributed by atoms with Gasteiger partial charge in [-0.05, 0) is 73.9 Å². The summed E-state index contributed by atoms with van der Waals surface area (Å²) in [7, 11) is 3.48. The molecule has 36 heavy (non-hydrogen) atoms. The molecule has 5 rings (SSSR count). The van der Waals surface area contributed by atoms with Crippen molar-refractivity contribution < 1.29 is 9.53 Å². The highest BCUT2D eigenvalue weighted by molar-refractivity contribution is 5.84. The van der Waals surface area contributed by atoms with E-state index < -0.39 is 0 Å². The van der Waals surface area contributed by atoms with Crippen LogP contribution in [0.25, 0.3) is 10.9 Å². The lowest BCUT2D eigenvalue weighted by Gasteiger charge is -2.36. The Balaban J connectivity index is 1.44. The molecule has 0 bridgehead atoms. The number of carbonyl (C=O) groups is 1. The molecule has 3 heterocycles. The molecular formula is C29H36N4O3. The molecule has 7 heteroatoms. The van der Waals surface area contributed by atoms with Gasteiger partial charge in [0.15, 0.2) is 0 Å². The molecule has 1 amide bonds. The van der Waals surface area contributed by atoms with Crippen molar-refractivity contribution in [3.63, 3.8) is 0 Å². The fourth-order valence-corrected chi connectivity index (χ4v) is 5.45. The van der Waals surface area contributed by atoms with Crippen LogP contribution in [0.1, 0.15) is 48.4 Å². The standard InChI is InChI=1S/C29H36N4O3/c1-32-14-12-20(17-28(32)34)24-11-13-30-18-26(24)29(35)33(23-9-10-23)19-21-16-22(6-5-15-36-2)31-27-8-4-3-7-25(21)27/h3-4,7-8,12,14,16-17,23-24,26,30H,5-6,9-11,13,15,18-19H2,1-2H3/t24-,26+/m0/s1. The first-order valence-electron chi connectivity index (χ1n) is 13.1. The normalized spacial score (nSPS) is 19.9. The molecule has 2 fully saturated rings. The third-order valence-electron chi connectivity index (χ3n) is 7.60. The Morgan fingerprint density at radius 1 is 1.19 bits per heavy atom. The highest BCUT2D eigenvalue weighted by atomic mass is 16.5. The highest BCUT2D eigenvalue weighted by Crippen LogP contribution is 2.36. The summed E-state index contributed by atoms with van der Waals surface area (Å²) in [6, 6.07) is 14.4. The van der Waals surface area contributed by atoms with Crippen molar-refractivity contribution in [1.29, 1.82) is 0 Å². The predicted molar refractivity (Wildman–Crippen MR) is 141 cm³/mol. The number of nitrogens with zero attached hydrogens (tertiary/aromatic N) is 3. The number of ether oxygens (including phenoxy) is 1. The van der Waals surface area contributed by atoms with E-state index in [1.807, 2.05) is 24.4 Å². The molecule has 3 aromatic rings. The molecular weight excluding hydrogens is 452 g/mol. The van der Waals surface area contributed by atoms with Crippen LogP contribution in [0.4, 0.5) is 0 Å². The van der Waals surface area contributed by atoms with Crippen molar-refractivity contribution >= 4 is 16.8 Å². The smallest absolute Gasteiger partial charge is 0.250 e. The average molecular weight is 489 g/mol. The van der Waals surface area contributed by atoms with E-state index in [0.717, 1.165) is 66.4 Å². The number of pyridine rings is 2. The zero-order valence-electron chi connectivity index (χ0n) is 21.3. The summed E-state index contributed by atoms with van der Waals surface area (Å²) in [5, 5.41) is 4.54. The molecule has 1 saturated carbocycles. The second kappa shape index (κ2) is 10.9. The molecule has 0 radical (unpaired) electrons. The number of carbonyl (C=O) groups excluding carboxylic acids is 1. The maximum atomic E-state index is 14.1. The summed E-state index contributed by atoms with van der Waals surface area (Å²) in [6.45, 7) is 2.78. The van der Waals surface area contributed by atoms with E-state index in [1.165, 1.54) is 0 Å². The van der Waals surface area contributed by atoms with Crippen molar-refractivity contribution in [3.05, 3.63) is 75.8 Å². The predicted octanol–water partition coefficient (Wildman–Crippen LogP) is 3.40. The Kier molecular flexibility index (Phi) is 7.48. The lowest BCUT2D eigenvalue weighted by Crippen LogP contribution is -2.47. The van der Waals surface area contributed by atoms with E-state index in [2.05, 4.69) is 28.4 Å². The molecule has 7 nitrogen and oxygen atoms in total. The molecule has 1 aliphatic heterocycles. The fourth-order valence-electron chi connectivity index (χ4n) is 5.45. The molecule has 1 N–H and O–H groups in total. The van der Waals surface area contributed by atoms with Gasteiger partial charge < -0.3 is 19.5 Å². The van der Waals surface area contributed by atoms with Gasteiger partial charge in [-0.1, -0.05) is 18.2 Å². The summed E-state index contributed by atoms with van der Waals surface area (Å²) in [6.07, 6.45) is 6.52. The van der Waals surface area contributed by atoms with Gasteiger partial charge >= 0.3 is 0 Å². The Bertz CT molecular complexity index is 1280. The maximum Gasteiger partial charge on any atom is 0.250 e. The van der Waals surface area contributed by atoms with Gasteiger partial charge in [-0.15, -0.1) is 0 Å². The van der Waals surface area contributed by atoms with Crippen molar-refractivity contribution in [3.8, 4) is 0 Å². The Morgan fingerprint density at radius 2 is 2.03 bits per heavy atom. The fraction of sp³-hybridized carbons (Fsp3) is 0.483. The van der Waals surface area contributed by atoms with E-state index in [1.54, 1.807) is 24.8 Å². The van der Waals surface area contributed by atoms with E-state index in [-0.39, 0.29) is 29.3 Å². The first-order chi connectivity index (χ1) is 17.5. The van der Waals surface area contributed by atoms with Crippen LogP contribution in [0.15, 0.2) is 53.5 Å². The quantitative estimate of drug-likeness (QED) is 0.467. The number of piperidine rings is 1. The Labute approximate surface area is 212 Å². The number of aromatic nitrogens is 2. The van der Waals surface area contributed by atoms with E-state index in [0.29, 0.717) is 19.7 Å². The number of methoxy groups -OCH3 is 1. The molecule has 2 aromatic heterocycles. The zero-order valence-corrected chi connectivity index (χ0v) is 21.3. The van der Waals surface area contributed by atoms with Crippen LogP contribution in [0.2, 0.25) is 0 Å². The van der Waals surface area contributed by atoms with Crippen LogP contribution in [-0.2, 0) is 29.5 Å². The second-order valence-corrected chi connectivity index (χ2v) is 10.2. The molecule has 190 valence electrons. The van der Waals surface area contributed by atoms with E-state index >= 15 is 0 Å². The number of nitrogens with one attached hydrogen (secondary N) is 1. The first kappa shape index (κ1) is 24.7. The lowest BCUT2D eigenvalue weighted by molar-refractivity contribution is -0.138. The minimum atomic E-state index is -0.180. The largest absolute Gasteiger partial charge is 0.385 e. The van der Waals surface area contributed by atoms with Gasteiger partial charge in [0, 0.05) is 63.2 Å². The molecule has 0 unspecified atom stereocenters. The first-order valence-corrected chi connectivity index (χ1v) is 13.1. The summed E-state index contributed by atoms with van der Waals surface area (Å²) < 4.78 is 6.82. The van der Waals surface area contributed by atoms with Gasteiger partial charge in [0.1, 0.15) is 0 Å². The summed E-state index contributed by atoms with van der Waals surface area (Å²) in [5.74, 6) is 0.0608. The Morgan fingerprint density at radius 3 is 2.81 bits per heavy atom. The van der Waals surface area contributed by atoms with Crippen molar-refractivity contribution in [2.45, 2.75) is 50.6 Å². The average Bonchev–Trinajstić information content (AvgIpc) is 3.74. The van der Waals surface area contributed by atoms with Gasteiger partial charge in [-0.3, -0.25) is 14.6 Å². The van der Waals surface area contributed by atoms with Gasteiger partial charge in [0.25, 0.3) is 5.56 Å². The zero-order chi connectivity index (χ0) is 25.1. The number of hydrogen-bond acceptors (Lipinski definition) is 5. The van der Waals surface area contributed by atoms with Crippen molar-refractivity contribution in [1.82, 2.24) is 19.8 Å². The molecule has 2 aliphatic rings. The van der Waals surface area contributed by atoms with Gasteiger partial charge in [-0.25, -0.2) is 0 Å². The number of rotatable bonds is 9.